The first-order valence-electron chi connectivity index (χ1n) is 6.17. The summed E-state index contributed by atoms with van der Waals surface area (Å²) in [5.41, 5.74) is 2.52. The van der Waals surface area contributed by atoms with Gasteiger partial charge in [-0.3, -0.25) is 4.31 Å². The molecule has 7 heteroatoms. The van der Waals surface area contributed by atoms with Crippen LogP contribution < -0.4 is 9.62 Å². The van der Waals surface area contributed by atoms with Gasteiger partial charge in [0.2, 0.25) is 10.0 Å². The number of rotatable bonds is 5. The molecule has 0 bridgehead atoms. The van der Waals surface area contributed by atoms with E-state index in [0.717, 1.165) is 16.4 Å². The summed E-state index contributed by atoms with van der Waals surface area (Å²) in [6.45, 7) is 2.23. The highest BCUT2D eigenvalue weighted by Crippen LogP contribution is 2.27. The van der Waals surface area contributed by atoms with E-state index in [9.17, 15) is 8.42 Å². The number of aromatic nitrogens is 1. The molecule has 0 saturated heterocycles. The third-order valence-electron chi connectivity index (χ3n) is 2.86. The van der Waals surface area contributed by atoms with E-state index in [-0.39, 0.29) is 0 Å². The number of nitrogens with one attached hydrogen (secondary N) is 1. The van der Waals surface area contributed by atoms with E-state index in [4.69, 9.17) is 0 Å². The highest BCUT2D eigenvalue weighted by molar-refractivity contribution is 7.92. The van der Waals surface area contributed by atoms with Gasteiger partial charge in [-0.15, -0.1) is 11.3 Å². The van der Waals surface area contributed by atoms with Gasteiger partial charge in [0.1, 0.15) is 0 Å². The average molecular weight is 311 g/mol. The Balaban J connectivity index is 2.30. The molecule has 0 unspecified atom stereocenters. The molecule has 1 aromatic carbocycles. The van der Waals surface area contributed by atoms with Crippen molar-refractivity contribution in [3.8, 4) is 11.3 Å². The molecular weight excluding hydrogens is 294 g/mol. The lowest BCUT2D eigenvalue weighted by Crippen LogP contribution is -2.29. The lowest BCUT2D eigenvalue weighted by Gasteiger charge is -2.20. The SMILES string of the molecule is CCN(c1ccc(-c2csc(NC)n2)cc1)S(C)(=O)=O. The van der Waals surface area contributed by atoms with Gasteiger partial charge in [0.05, 0.1) is 17.6 Å². The average Bonchev–Trinajstić information content (AvgIpc) is 2.87. The normalized spacial score (nSPS) is 11.3. The van der Waals surface area contributed by atoms with Crippen LogP contribution in [0.4, 0.5) is 10.8 Å². The van der Waals surface area contributed by atoms with Crippen molar-refractivity contribution in [2.45, 2.75) is 6.92 Å². The quantitative estimate of drug-likeness (QED) is 0.922. The van der Waals surface area contributed by atoms with E-state index < -0.39 is 10.0 Å². The number of sulfonamides is 1. The van der Waals surface area contributed by atoms with Crippen molar-refractivity contribution in [1.82, 2.24) is 4.98 Å². The minimum Gasteiger partial charge on any atom is -0.365 e. The van der Waals surface area contributed by atoms with Crippen LogP contribution in [-0.2, 0) is 10.0 Å². The van der Waals surface area contributed by atoms with Crippen LogP contribution in [0.25, 0.3) is 11.3 Å². The van der Waals surface area contributed by atoms with Gasteiger partial charge in [-0.1, -0.05) is 12.1 Å². The third kappa shape index (κ3) is 3.10. The molecular formula is C13H17N3O2S2. The van der Waals surface area contributed by atoms with Gasteiger partial charge in [-0.2, -0.15) is 0 Å². The second kappa shape index (κ2) is 5.80. The van der Waals surface area contributed by atoms with E-state index in [2.05, 4.69) is 10.3 Å². The Morgan fingerprint density at radius 2 is 1.95 bits per heavy atom. The summed E-state index contributed by atoms with van der Waals surface area (Å²) in [6, 6.07) is 7.38. The Morgan fingerprint density at radius 1 is 1.30 bits per heavy atom. The molecule has 1 aromatic heterocycles. The van der Waals surface area contributed by atoms with Crippen LogP contribution in [0.1, 0.15) is 6.92 Å². The third-order valence-corrected chi connectivity index (χ3v) is 4.99. The molecule has 20 heavy (non-hydrogen) atoms. The Hall–Kier alpha value is -1.60. The molecule has 0 aliphatic carbocycles. The second-order valence-electron chi connectivity index (χ2n) is 4.26. The van der Waals surface area contributed by atoms with Gasteiger partial charge < -0.3 is 5.32 Å². The first-order valence-corrected chi connectivity index (χ1v) is 8.90. The van der Waals surface area contributed by atoms with E-state index >= 15 is 0 Å². The monoisotopic (exact) mass is 311 g/mol. The molecule has 0 aliphatic heterocycles. The summed E-state index contributed by atoms with van der Waals surface area (Å²) in [7, 11) is -1.41. The smallest absolute Gasteiger partial charge is 0.232 e. The molecule has 108 valence electrons. The van der Waals surface area contributed by atoms with E-state index in [1.165, 1.54) is 21.9 Å². The standard InChI is InChI=1S/C13H17N3O2S2/c1-4-16(20(3,17)18)11-7-5-10(6-8-11)12-9-19-13(14-2)15-12/h5-9H,4H2,1-3H3,(H,14,15). The maximum absolute atomic E-state index is 11.7. The summed E-state index contributed by atoms with van der Waals surface area (Å²) in [5, 5.41) is 5.82. The molecule has 0 fully saturated rings. The zero-order valence-corrected chi connectivity index (χ0v) is 13.3. The predicted octanol–water partition coefficient (Wildman–Crippen LogP) is 2.64. The zero-order valence-electron chi connectivity index (χ0n) is 11.6. The largest absolute Gasteiger partial charge is 0.365 e. The van der Waals surface area contributed by atoms with E-state index in [0.29, 0.717) is 12.2 Å². The lowest BCUT2D eigenvalue weighted by atomic mass is 10.1. The fourth-order valence-electron chi connectivity index (χ4n) is 1.93. The number of benzene rings is 1. The Bertz CT molecular complexity index is 678. The maximum Gasteiger partial charge on any atom is 0.232 e. The number of anilines is 2. The number of hydrogen-bond donors (Lipinski definition) is 1. The van der Waals surface area contributed by atoms with Crippen molar-refractivity contribution < 1.29 is 8.42 Å². The van der Waals surface area contributed by atoms with Crippen LogP contribution in [0.2, 0.25) is 0 Å². The highest BCUT2D eigenvalue weighted by Gasteiger charge is 2.15. The first-order chi connectivity index (χ1) is 9.45. The Kier molecular flexibility index (Phi) is 4.29. The first kappa shape index (κ1) is 14.8. The van der Waals surface area contributed by atoms with Crippen molar-refractivity contribution in [2.24, 2.45) is 0 Å². The van der Waals surface area contributed by atoms with Gasteiger partial charge in [0.15, 0.2) is 5.13 Å². The summed E-state index contributed by atoms with van der Waals surface area (Å²) in [4.78, 5) is 4.42. The Morgan fingerprint density at radius 3 is 2.40 bits per heavy atom. The summed E-state index contributed by atoms with van der Waals surface area (Å²) < 4.78 is 24.7. The van der Waals surface area contributed by atoms with Crippen molar-refractivity contribution >= 4 is 32.2 Å². The molecule has 1 N–H and O–H groups in total. The molecule has 2 aromatic rings. The minimum absolute atomic E-state index is 0.415. The van der Waals surface area contributed by atoms with Gasteiger partial charge in [-0.25, -0.2) is 13.4 Å². The molecule has 0 saturated carbocycles. The lowest BCUT2D eigenvalue weighted by molar-refractivity contribution is 0.598. The molecule has 0 radical (unpaired) electrons. The number of nitrogens with zero attached hydrogens (tertiary/aromatic N) is 2. The molecule has 2 rings (SSSR count). The van der Waals surface area contributed by atoms with Crippen LogP contribution >= 0.6 is 11.3 Å². The van der Waals surface area contributed by atoms with Crippen LogP contribution in [0.15, 0.2) is 29.6 Å². The van der Waals surface area contributed by atoms with Crippen LogP contribution in [-0.4, -0.2) is 33.2 Å². The van der Waals surface area contributed by atoms with Crippen molar-refractivity contribution in [1.29, 1.82) is 0 Å². The van der Waals surface area contributed by atoms with E-state index in [1.54, 1.807) is 12.1 Å². The van der Waals surface area contributed by atoms with Crippen LogP contribution in [0.5, 0.6) is 0 Å². The topological polar surface area (TPSA) is 62.3 Å². The van der Waals surface area contributed by atoms with Crippen LogP contribution in [0, 0.1) is 0 Å². The molecule has 0 aliphatic rings. The maximum atomic E-state index is 11.7. The molecule has 0 spiro atoms. The number of thiazole rings is 1. The van der Waals surface area contributed by atoms with Crippen LogP contribution in [0.3, 0.4) is 0 Å². The van der Waals surface area contributed by atoms with Crippen molar-refractivity contribution in [2.75, 3.05) is 29.5 Å². The fraction of sp³-hybridized carbons (Fsp3) is 0.308. The van der Waals surface area contributed by atoms with Gasteiger partial charge in [0.25, 0.3) is 0 Å². The van der Waals surface area contributed by atoms with E-state index in [1.807, 2.05) is 31.5 Å². The summed E-state index contributed by atoms with van der Waals surface area (Å²) in [6.07, 6.45) is 1.21. The molecule has 5 nitrogen and oxygen atoms in total. The fourth-order valence-corrected chi connectivity index (χ4v) is 3.58. The van der Waals surface area contributed by atoms with Crippen molar-refractivity contribution in [3.05, 3.63) is 29.6 Å². The zero-order chi connectivity index (χ0) is 14.8. The highest BCUT2D eigenvalue weighted by atomic mass is 32.2. The predicted molar refractivity (Wildman–Crippen MR) is 85.0 cm³/mol. The summed E-state index contributed by atoms with van der Waals surface area (Å²) in [5.74, 6) is 0. The van der Waals surface area contributed by atoms with Crippen molar-refractivity contribution in [3.63, 3.8) is 0 Å². The minimum atomic E-state index is -3.24. The Labute approximate surface area is 123 Å². The van der Waals surface area contributed by atoms with Gasteiger partial charge in [0, 0.05) is 24.5 Å². The summed E-state index contributed by atoms with van der Waals surface area (Å²) >= 11 is 1.54. The molecule has 1 heterocycles. The molecule has 0 atom stereocenters. The number of hydrogen-bond acceptors (Lipinski definition) is 5. The van der Waals surface area contributed by atoms with Gasteiger partial charge in [-0.05, 0) is 19.1 Å². The molecule has 0 amide bonds. The second-order valence-corrected chi connectivity index (χ2v) is 7.03. The van der Waals surface area contributed by atoms with Gasteiger partial charge >= 0.3 is 0 Å².